The van der Waals surface area contributed by atoms with E-state index in [1.807, 2.05) is 26.0 Å². The summed E-state index contributed by atoms with van der Waals surface area (Å²) in [5, 5.41) is 0.980. The maximum absolute atomic E-state index is 6.34. The monoisotopic (exact) mass is 395 g/mol. The Labute approximate surface area is 164 Å². The van der Waals surface area contributed by atoms with Gasteiger partial charge in [-0.15, -0.1) is 0 Å². The van der Waals surface area contributed by atoms with Gasteiger partial charge >= 0.3 is 6.01 Å². The van der Waals surface area contributed by atoms with Crippen LogP contribution in [0.4, 0.5) is 0 Å². The van der Waals surface area contributed by atoms with E-state index in [1.165, 1.54) is 0 Å². The van der Waals surface area contributed by atoms with Crippen molar-refractivity contribution in [2.75, 3.05) is 52.7 Å². The highest BCUT2D eigenvalue weighted by Gasteiger charge is 2.15. The van der Waals surface area contributed by atoms with Gasteiger partial charge in [-0.1, -0.05) is 11.6 Å². The molecule has 148 valence electrons. The lowest BCUT2D eigenvalue weighted by molar-refractivity contribution is 0.0358. The fraction of sp³-hybridized carbons (Fsp3) is 0.579. The molecule has 0 spiro atoms. The Bertz CT molecular complexity index is 753. The molecule has 3 rings (SSSR count). The largest absolute Gasteiger partial charge is 0.493 e. The zero-order valence-electron chi connectivity index (χ0n) is 15.9. The van der Waals surface area contributed by atoms with Crippen LogP contribution < -0.4 is 14.2 Å². The van der Waals surface area contributed by atoms with Crippen LogP contribution in [-0.2, 0) is 4.74 Å². The van der Waals surface area contributed by atoms with Crippen LogP contribution in [0.1, 0.15) is 20.3 Å². The van der Waals surface area contributed by atoms with Gasteiger partial charge in [-0.05, 0) is 20.3 Å². The number of rotatable bonds is 9. The third-order valence-electron chi connectivity index (χ3n) is 4.24. The second kappa shape index (κ2) is 9.92. The molecule has 1 saturated heterocycles. The predicted octanol–water partition coefficient (Wildman–Crippen LogP) is 3.18. The molecule has 1 aromatic heterocycles. The van der Waals surface area contributed by atoms with Gasteiger partial charge in [-0.2, -0.15) is 9.97 Å². The van der Waals surface area contributed by atoms with Crippen molar-refractivity contribution in [1.82, 2.24) is 14.9 Å². The molecule has 7 nitrogen and oxygen atoms in total. The summed E-state index contributed by atoms with van der Waals surface area (Å²) in [5.41, 5.74) is 0.646. The van der Waals surface area contributed by atoms with E-state index < -0.39 is 0 Å². The molecule has 0 saturated carbocycles. The molecule has 2 heterocycles. The molecule has 1 aromatic carbocycles. The molecule has 0 bridgehead atoms. The molecule has 0 aliphatic carbocycles. The first-order valence-electron chi connectivity index (χ1n) is 9.41. The molecule has 27 heavy (non-hydrogen) atoms. The lowest BCUT2D eigenvalue weighted by Gasteiger charge is -2.26. The first-order valence-corrected chi connectivity index (χ1v) is 9.78. The molecular weight excluding hydrogens is 370 g/mol. The SMILES string of the molecule is CCOc1nc(Cl)c2c(OCC)cc(OCCCN3CCOCC3)cc2n1. The number of fused-ring (bicyclic) bond motifs is 1. The van der Waals surface area contributed by atoms with Crippen molar-refractivity contribution in [1.29, 1.82) is 0 Å². The van der Waals surface area contributed by atoms with E-state index in [0.717, 1.165) is 39.3 Å². The van der Waals surface area contributed by atoms with Gasteiger partial charge in [0.05, 0.1) is 43.9 Å². The Morgan fingerprint density at radius 3 is 2.59 bits per heavy atom. The van der Waals surface area contributed by atoms with Crippen LogP contribution in [0.2, 0.25) is 5.15 Å². The van der Waals surface area contributed by atoms with Crippen LogP contribution in [0, 0.1) is 0 Å². The molecule has 0 amide bonds. The molecule has 0 N–H and O–H groups in total. The van der Waals surface area contributed by atoms with Crippen molar-refractivity contribution >= 4 is 22.5 Å². The lowest BCUT2D eigenvalue weighted by atomic mass is 10.2. The van der Waals surface area contributed by atoms with Crippen molar-refractivity contribution < 1.29 is 18.9 Å². The second-order valence-electron chi connectivity index (χ2n) is 6.13. The molecule has 1 aliphatic heterocycles. The molecule has 0 radical (unpaired) electrons. The van der Waals surface area contributed by atoms with Crippen LogP contribution in [-0.4, -0.2) is 67.5 Å². The summed E-state index contributed by atoms with van der Waals surface area (Å²) < 4.78 is 22.4. The van der Waals surface area contributed by atoms with Gasteiger partial charge < -0.3 is 18.9 Å². The van der Waals surface area contributed by atoms with Gasteiger partial charge in [0.2, 0.25) is 0 Å². The Kier molecular flexibility index (Phi) is 7.32. The molecule has 0 atom stereocenters. The van der Waals surface area contributed by atoms with Gasteiger partial charge in [0.1, 0.15) is 16.7 Å². The molecular formula is C19H26ClN3O4. The van der Waals surface area contributed by atoms with E-state index in [4.69, 9.17) is 30.5 Å². The standard InChI is InChI=1S/C19H26ClN3O4/c1-3-25-16-13-14(27-9-5-6-23-7-10-24-11-8-23)12-15-17(16)18(20)22-19(21-15)26-4-2/h12-13H,3-11H2,1-2H3. The topological polar surface area (TPSA) is 65.9 Å². The number of nitrogens with zero attached hydrogens (tertiary/aromatic N) is 3. The van der Waals surface area contributed by atoms with Crippen LogP contribution in [0.25, 0.3) is 10.9 Å². The van der Waals surface area contributed by atoms with Crippen molar-refractivity contribution in [3.63, 3.8) is 0 Å². The third-order valence-corrected chi connectivity index (χ3v) is 4.51. The molecule has 1 fully saturated rings. The van der Waals surface area contributed by atoms with E-state index in [2.05, 4.69) is 14.9 Å². The first-order chi connectivity index (χ1) is 13.2. The quantitative estimate of drug-likeness (QED) is 0.477. The normalized spacial score (nSPS) is 15.1. The van der Waals surface area contributed by atoms with Gasteiger partial charge in [0.25, 0.3) is 0 Å². The van der Waals surface area contributed by atoms with Crippen LogP contribution >= 0.6 is 11.6 Å². The van der Waals surface area contributed by atoms with Crippen LogP contribution in [0.3, 0.4) is 0 Å². The van der Waals surface area contributed by atoms with E-state index in [1.54, 1.807) is 0 Å². The average Bonchev–Trinajstić information content (AvgIpc) is 2.66. The minimum absolute atomic E-state index is 0.252. The Hall–Kier alpha value is -1.83. The van der Waals surface area contributed by atoms with Crippen molar-refractivity contribution in [2.24, 2.45) is 0 Å². The van der Waals surface area contributed by atoms with Crippen LogP contribution in [0.15, 0.2) is 12.1 Å². The minimum atomic E-state index is 0.252. The zero-order chi connectivity index (χ0) is 19.1. The fourth-order valence-corrected chi connectivity index (χ4v) is 3.25. The highest BCUT2D eigenvalue weighted by atomic mass is 35.5. The van der Waals surface area contributed by atoms with E-state index in [-0.39, 0.29) is 6.01 Å². The van der Waals surface area contributed by atoms with Crippen molar-refractivity contribution in [2.45, 2.75) is 20.3 Å². The van der Waals surface area contributed by atoms with E-state index in [9.17, 15) is 0 Å². The summed E-state index contributed by atoms with van der Waals surface area (Å²) in [4.78, 5) is 11.0. The van der Waals surface area contributed by atoms with Crippen LogP contribution in [0.5, 0.6) is 17.5 Å². The summed E-state index contributed by atoms with van der Waals surface area (Å²) in [7, 11) is 0. The predicted molar refractivity (Wildman–Crippen MR) is 104 cm³/mol. The maximum Gasteiger partial charge on any atom is 0.318 e. The number of halogens is 1. The number of morpholine rings is 1. The van der Waals surface area contributed by atoms with Crippen molar-refractivity contribution in [3.05, 3.63) is 17.3 Å². The average molecular weight is 396 g/mol. The van der Waals surface area contributed by atoms with Gasteiger partial charge in [0.15, 0.2) is 0 Å². The Morgan fingerprint density at radius 2 is 1.85 bits per heavy atom. The van der Waals surface area contributed by atoms with Gasteiger partial charge in [-0.3, -0.25) is 4.90 Å². The summed E-state index contributed by atoms with van der Waals surface area (Å²) in [5.74, 6) is 1.32. The van der Waals surface area contributed by atoms with Gasteiger partial charge in [0, 0.05) is 31.8 Å². The summed E-state index contributed by atoms with van der Waals surface area (Å²) >= 11 is 6.34. The molecule has 0 unspecified atom stereocenters. The van der Waals surface area contributed by atoms with Crippen molar-refractivity contribution in [3.8, 4) is 17.5 Å². The smallest absolute Gasteiger partial charge is 0.318 e. The lowest BCUT2D eigenvalue weighted by Crippen LogP contribution is -2.37. The number of aromatic nitrogens is 2. The maximum atomic E-state index is 6.34. The zero-order valence-corrected chi connectivity index (χ0v) is 16.6. The van der Waals surface area contributed by atoms with Gasteiger partial charge in [-0.25, -0.2) is 0 Å². The molecule has 2 aromatic rings. The van der Waals surface area contributed by atoms with E-state index in [0.29, 0.717) is 47.4 Å². The highest BCUT2D eigenvalue weighted by molar-refractivity contribution is 6.34. The molecule has 1 aliphatic rings. The van der Waals surface area contributed by atoms with E-state index >= 15 is 0 Å². The highest BCUT2D eigenvalue weighted by Crippen LogP contribution is 2.35. The third kappa shape index (κ3) is 5.34. The fourth-order valence-electron chi connectivity index (χ4n) is 2.99. The second-order valence-corrected chi connectivity index (χ2v) is 6.49. The number of benzene rings is 1. The number of hydrogen-bond acceptors (Lipinski definition) is 7. The summed E-state index contributed by atoms with van der Waals surface area (Å²) in [6.45, 7) is 9.99. The molecule has 8 heteroatoms. The number of ether oxygens (including phenoxy) is 4. The summed E-state index contributed by atoms with van der Waals surface area (Å²) in [6, 6.07) is 3.95. The minimum Gasteiger partial charge on any atom is -0.493 e. The number of hydrogen-bond donors (Lipinski definition) is 0. The Morgan fingerprint density at radius 1 is 1.07 bits per heavy atom. The Balaban J connectivity index is 1.71. The summed E-state index contributed by atoms with van der Waals surface area (Å²) in [6.07, 6.45) is 0.941. The first kappa shape index (κ1) is 19.9.